The highest BCUT2D eigenvalue weighted by molar-refractivity contribution is 7.89. The van der Waals surface area contributed by atoms with E-state index >= 15 is 0 Å². The molecule has 17 heavy (non-hydrogen) atoms. The minimum atomic E-state index is -3.31. The lowest BCUT2D eigenvalue weighted by molar-refractivity contribution is 0.581. The number of hydrogen-bond acceptors (Lipinski definition) is 2. The summed E-state index contributed by atoms with van der Waals surface area (Å²) in [5.41, 5.74) is 1.20. The third-order valence-electron chi connectivity index (χ3n) is 2.59. The Morgan fingerprint density at radius 1 is 1.06 bits per heavy atom. The highest BCUT2D eigenvalue weighted by Gasteiger charge is 2.12. The topological polar surface area (TPSA) is 46.2 Å². The van der Waals surface area contributed by atoms with Crippen molar-refractivity contribution in [2.24, 2.45) is 0 Å². The minimum Gasteiger partial charge on any atom is -0.211 e. The molecule has 0 radical (unpaired) electrons. The van der Waals surface area contributed by atoms with Gasteiger partial charge < -0.3 is 0 Å². The molecule has 0 saturated carbocycles. The van der Waals surface area contributed by atoms with Crippen molar-refractivity contribution in [1.29, 1.82) is 0 Å². The van der Waals surface area contributed by atoms with Crippen molar-refractivity contribution in [3.05, 3.63) is 29.8 Å². The van der Waals surface area contributed by atoms with Gasteiger partial charge in [-0.05, 0) is 37.0 Å². The molecule has 1 N–H and O–H groups in total. The molecule has 0 fully saturated rings. The molecule has 0 unspecified atom stereocenters. The SMILES string of the molecule is CCCCc1ccc(S(=O)(=O)NCCC)cc1. The van der Waals surface area contributed by atoms with Crippen molar-refractivity contribution in [1.82, 2.24) is 4.72 Å². The van der Waals surface area contributed by atoms with Gasteiger partial charge in [-0.3, -0.25) is 0 Å². The second-order valence-corrected chi connectivity index (χ2v) is 5.91. The van der Waals surface area contributed by atoms with Gasteiger partial charge in [0.1, 0.15) is 0 Å². The van der Waals surface area contributed by atoms with Crippen molar-refractivity contribution in [3.63, 3.8) is 0 Å². The summed E-state index contributed by atoms with van der Waals surface area (Å²) in [4.78, 5) is 0.353. The van der Waals surface area contributed by atoms with E-state index in [0.29, 0.717) is 11.4 Å². The first-order valence-electron chi connectivity index (χ1n) is 6.18. The van der Waals surface area contributed by atoms with Crippen LogP contribution >= 0.6 is 0 Å². The summed E-state index contributed by atoms with van der Waals surface area (Å²) in [5.74, 6) is 0. The molecule has 0 amide bonds. The number of benzene rings is 1. The van der Waals surface area contributed by atoms with E-state index in [1.54, 1.807) is 12.1 Å². The highest BCUT2D eigenvalue weighted by atomic mass is 32.2. The van der Waals surface area contributed by atoms with Crippen LogP contribution in [0.4, 0.5) is 0 Å². The van der Waals surface area contributed by atoms with Gasteiger partial charge in [0.05, 0.1) is 4.90 Å². The van der Waals surface area contributed by atoms with E-state index in [-0.39, 0.29) is 0 Å². The van der Waals surface area contributed by atoms with E-state index in [0.717, 1.165) is 25.7 Å². The minimum absolute atomic E-state index is 0.353. The number of aryl methyl sites for hydroxylation is 1. The Hall–Kier alpha value is -0.870. The summed E-state index contributed by atoms with van der Waals surface area (Å²) in [6.07, 6.45) is 4.10. The van der Waals surface area contributed by atoms with Crippen LogP contribution in [0.5, 0.6) is 0 Å². The van der Waals surface area contributed by atoms with Crippen LogP contribution in [-0.4, -0.2) is 15.0 Å². The molecule has 0 aliphatic heterocycles. The molecule has 0 aromatic heterocycles. The fraction of sp³-hybridized carbons (Fsp3) is 0.538. The van der Waals surface area contributed by atoms with E-state index in [4.69, 9.17) is 0 Å². The second kappa shape index (κ2) is 6.77. The number of nitrogens with one attached hydrogen (secondary N) is 1. The van der Waals surface area contributed by atoms with E-state index < -0.39 is 10.0 Å². The van der Waals surface area contributed by atoms with E-state index in [9.17, 15) is 8.42 Å². The van der Waals surface area contributed by atoms with Crippen molar-refractivity contribution in [3.8, 4) is 0 Å². The summed E-state index contributed by atoms with van der Waals surface area (Å²) in [6.45, 7) is 4.57. The molecule has 1 aromatic rings. The third-order valence-corrected chi connectivity index (χ3v) is 4.07. The Bertz CT molecular complexity index is 423. The summed E-state index contributed by atoms with van der Waals surface area (Å²) in [7, 11) is -3.31. The van der Waals surface area contributed by atoms with Crippen molar-refractivity contribution in [2.45, 2.75) is 44.4 Å². The second-order valence-electron chi connectivity index (χ2n) is 4.15. The number of rotatable bonds is 7. The number of hydrogen-bond donors (Lipinski definition) is 1. The zero-order chi connectivity index (χ0) is 12.7. The predicted octanol–water partition coefficient (Wildman–Crippen LogP) is 2.72. The largest absolute Gasteiger partial charge is 0.240 e. The monoisotopic (exact) mass is 255 g/mol. The van der Waals surface area contributed by atoms with Crippen molar-refractivity contribution < 1.29 is 8.42 Å². The Kier molecular flexibility index (Phi) is 5.65. The summed E-state index contributed by atoms with van der Waals surface area (Å²) < 4.78 is 26.2. The number of sulfonamides is 1. The maximum Gasteiger partial charge on any atom is 0.240 e. The average Bonchev–Trinajstić information content (AvgIpc) is 2.34. The molecule has 0 saturated heterocycles. The third kappa shape index (κ3) is 4.48. The summed E-state index contributed by atoms with van der Waals surface area (Å²) in [6, 6.07) is 7.16. The first kappa shape index (κ1) is 14.2. The van der Waals surface area contributed by atoms with Crippen LogP contribution < -0.4 is 4.72 Å². The van der Waals surface area contributed by atoms with Gasteiger partial charge in [-0.2, -0.15) is 0 Å². The van der Waals surface area contributed by atoms with Gasteiger partial charge in [-0.25, -0.2) is 13.1 Å². The average molecular weight is 255 g/mol. The molecule has 0 bridgehead atoms. The molecule has 1 aromatic carbocycles. The Labute approximate surface area is 104 Å². The van der Waals surface area contributed by atoms with Gasteiger partial charge in [-0.15, -0.1) is 0 Å². The van der Waals surface area contributed by atoms with Gasteiger partial charge in [0.25, 0.3) is 0 Å². The summed E-state index contributed by atoms with van der Waals surface area (Å²) >= 11 is 0. The molecule has 4 heteroatoms. The van der Waals surface area contributed by atoms with Crippen LogP contribution in [0.15, 0.2) is 29.2 Å². The van der Waals surface area contributed by atoms with Crippen LogP contribution in [0.3, 0.4) is 0 Å². The zero-order valence-corrected chi connectivity index (χ0v) is 11.4. The molecule has 96 valence electrons. The molecule has 0 heterocycles. The Morgan fingerprint density at radius 2 is 1.71 bits per heavy atom. The van der Waals surface area contributed by atoms with E-state index in [1.165, 1.54) is 5.56 Å². The molecule has 0 aliphatic rings. The van der Waals surface area contributed by atoms with Crippen LogP contribution in [0.1, 0.15) is 38.7 Å². The lowest BCUT2D eigenvalue weighted by atomic mass is 10.1. The molecule has 0 aliphatic carbocycles. The van der Waals surface area contributed by atoms with Crippen LogP contribution in [0.2, 0.25) is 0 Å². The predicted molar refractivity (Wildman–Crippen MR) is 70.5 cm³/mol. The smallest absolute Gasteiger partial charge is 0.211 e. The zero-order valence-electron chi connectivity index (χ0n) is 10.6. The van der Waals surface area contributed by atoms with Crippen molar-refractivity contribution in [2.75, 3.05) is 6.54 Å². The normalized spacial score (nSPS) is 11.6. The maximum atomic E-state index is 11.8. The lowest BCUT2D eigenvalue weighted by Gasteiger charge is -2.06. The molecule has 1 rings (SSSR count). The highest BCUT2D eigenvalue weighted by Crippen LogP contribution is 2.12. The number of unbranched alkanes of at least 4 members (excludes halogenated alkanes) is 1. The molecule has 0 atom stereocenters. The summed E-state index contributed by atoms with van der Waals surface area (Å²) in [5, 5.41) is 0. The van der Waals surface area contributed by atoms with Gasteiger partial charge >= 0.3 is 0 Å². The molecule has 3 nitrogen and oxygen atoms in total. The molecule has 0 spiro atoms. The first-order chi connectivity index (χ1) is 8.10. The quantitative estimate of drug-likeness (QED) is 0.814. The lowest BCUT2D eigenvalue weighted by Crippen LogP contribution is -2.24. The van der Waals surface area contributed by atoms with Crippen LogP contribution in [0, 0.1) is 0 Å². The van der Waals surface area contributed by atoms with Crippen LogP contribution in [-0.2, 0) is 16.4 Å². The van der Waals surface area contributed by atoms with E-state index in [1.807, 2.05) is 19.1 Å². The first-order valence-corrected chi connectivity index (χ1v) is 7.67. The van der Waals surface area contributed by atoms with Crippen molar-refractivity contribution >= 4 is 10.0 Å². The fourth-order valence-corrected chi connectivity index (χ4v) is 2.67. The fourth-order valence-electron chi connectivity index (χ4n) is 1.54. The van der Waals surface area contributed by atoms with Crippen LogP contribution in [0.25, 0.3) is 0 Å². The van der Waals surface area contributed by atoms with Gasteiger partial charge in [0.15, 0.2) is 0 Å². The Balaban J connectivity index is 2.73. The van der Waals surface area contributed by atoms with Gasteiger partial charge in [0, 0.05) is 6.54 Å². The van der Waals surface area contributed by atoms with Gasteiger partial charge in [-0.1, -0.05) is 32.4 Å². The standard InChI is InChI=1S/C13H21NO2S/c1-3-5-6-12-7-9-13(10-8-12)17(15,16)14-11-4-2/h7-10,14H,3-6,11H2,1-2H3. The molecular weight excluding hydrogens is 234 g/mol. The van der Waals surface area contributed by atoms with Gasteiger partial charge in [0.2, 0.25) is 10.0 Å². The molecular formula is C13H21NO2S. The maximum absolute atomic E-state index is 11.8. The van der Waals surface area contributed by atoms with E-state index in [2.05, 4.69) is 11.6 Å². The Morgan fingerprint density at radius 3 is 2.24 bits per heavy atom.